The number of nitrogens with zero attached hydrogens (tertiary/aromatic N) is 6. The van der Waals surface area contributed by atoms with Gasteiger partial charge >= 0.3 is 5.97 Å². The summed E-state index contributed by atoms with van der Waals surface area (Å²) in [4.78, 5) is 31.7. The molecule has 0 bridgehead atoms. The molecule has 46 heavy (non-hydrogen) atoms. The Hall–Kier alpha value is -2.94. The van der Waals surface area contributed by atoms with Crippen LogP contribution in [0.2, 0.25) is 0 Å². The number of carbonyl (C=O) groups is 2. The molecule has 1 amide bonds. The van der Waals surface area contributed by atoms with Crippen molar-refractivity contribution in [3.63, 3.8) is 0 Å². The second-order valence-corrected chi connectivity index (χ2v) is 16.1. The quantitative estimate of drug-likeness (QED) is 0.192. The molecule has 0 unspecified atom stereocenters. The first kappa shape index (κ1) is 37.5. The number of carbonyl (C=O) groups excluding carboxylic acids is 1. The maximum absolute atomic E-state index is 13.5. The van der Waals surface area contributed by atoms with Crippen LogP contribution in [0.3, 0.4) is 0 Å². The van der Waals surface area contributed by atoms with Crippen molar-refractivity contribution in [3.05, 3.63) is 40.1 Å². The molecule has 0 spiro atoms. The fourth-order valence-corrected chi connectivity index (χ4v) is 7.67. The van der Waals surface area contributed by atoms with Crippen molar-refractivity contribution in [1.29, 1.82) is 0 Å². The first-order valence-corrected chi connectivity index (χ1v) is 17.3. The number of aliphatic imine (C=N–C) groups is 1. The van der Waals surface area contributed by atoms with E-state index in [0.717, 1.165) is 16.7 Å². The van der Waals surface area contributed by atoms with Gasteiger partial charge in [0, 0.05) is 55.1 Å². The Morgan fingerprint density at radius 1 is 1.17 bits per heavy atom. The highest BCUT2D eigenvalue weighted by molar-refractivity contribution is 8.01. The van der Waals surface area contributed by atoms with Crippen LogP contribution in [0.25, 0.3) is 0 Å². The number of hydrogen-bond donors (Lipinski definition) is 3. The number of fused-ring (bicyclic) bond motifs is 1. The number of tetrazole rings is 1. The molecule has 3 heterocycles. The van der Waals surface area contributed by atoms with Gasteiger partial charge in [0.1, 0.15) is 16.8 Å². The zero-order chi connectivity index (χ0) is 34.8. The van der Waals surface area contributed by atoms with Crippen molar-refractivity contribution in [2.75, 3.05) is 18.6 Å². The molecule has 1 saturated heterocycles. The molecule has 2 atom stereocenters. The second-order valence-electron chi connectivity index (χ2n) is 14.1. The van der Waals surface area contributed by atoms with Gasteiger partial charge < -0.3 is 20.3 Å². The highest BCUT2D eigenvalue weighted by Gasteiger charge is 2.66. The third kappa shape index (κ3) is 8.12. The average molecular weight is 676 g/mol. The summed E-state index contributed by atoms with van der Waals surface area (Å²) < 4.78 is 7.19. The van der Waals surface area contributed by atoms with E-state index in [9.17, 15) is 19.8 Å². The molecule has 2 aromatic rings. The Morgan fingerprint density at radius 3 is 2.15 bits per heavy atom. The number of phenolic OH excluding ortho intramolecular Hbond substituents is 1. The van der Waals surface area contributed by atoms with Crippen LogP contribution < -0.4 is 5.32 Å². The number of aromatic nitrogens is 4. The van der Waals surface area contributed by atoms with E-state index in [2.05, 4.69) is 53.5 Å². The predicted octanol–water partition coefficient (Wildman–Crippen LogP) is 4.71. The zero-order valence-corrected chi connectivity index (χ0v) is 30.6. The van der Waals surface area contributed by atoms with E-state index in [1.54, 1.807) is 13.3 Å². The summed E-state index contributed by atoms with van der Waals surface area (Å²) in [6, 6.07) is 4.98. The number of rotatable bonds is 9. The van der Waals surface area contributed by atoms with Crippen LogP contribution >= 0.6 is 23.5 Å². The van der Waals surface area contributed by atoms with E-state index in [4.69, 9.17) is 4.74 Å². The molecule has 2 aliphatic rings. The summed E-state index contributed by atoms with van der Waals surface area (Å²) in [6.45, 7) is 20.7. The van der Waals surface area contributed by atoms with Crippen LogP contribution in [-0.4, -0.2) is 95.2 Å². The van der Waals surface area contributed by atoms with Crippen LogP contribution in [0.4, 0.5) is 0 Å². The van der Waals surface area contributed by atoms with Gasteiger partial charge in [-0.1, -0.05) is 81.0 Å². The molecule has 254 valence electrons. The van der Waals surface area contributed by atoms with Crippen LogP contribution in [-0.2, 0) is 32.2 Å². The summed E-state index contributed by atoms with van der Waals surface area (Å²) in [5, 5.41) is 35.6. The lowest BCUT2D eigenvalue weighted by molar-refractivity contribution is -0.182. The summed E-state index contributed by atoms with van der Waals surface area (Å²) >= 11 is 2.71. The van der Waals surface area contributed by atoms with Gasteiger partial charge in [0.15, 0.2) is 0 Å². The largest absolute Gasteiger partial charge is 0.507 e. The first-order valence-electron chi connectivity index (χ1n) is 15.2. The minimum absolute atomic E-state index is 0.0519. The summed E-state index contributed by atoms with van der Waals surface area (Å²) in [5.74, 6) is -0.763. The number of carboxylic acids is 1. The van der Waals surface area contributed by atoms with Gasteiger partial charge in [0.2, 0.25) is 5.16 Å². The number of carboxylic acid groups (broad SMARTS) is 1. The highest BCUT2D eigenvalue weighted by Crippen LogP contribution is 2.49. The number of aliphatic carboxylic acids is 1. The number of aryl methyl sites for hydroxylation is 1. The van der Waals surface area contributed by atoms with Crippen LogP contribution in [0.5, 0.6) is 5.75 Å². The number of hydrogen-bond acceptors (Lipinski definition) is 11. The number of β-lactam (4-membered cyclic amide) rings is 1. The summed E-state index contributed by atoms with van der Waals surface area (Å²) in [7, 11) is 3.11. The van der Waals surface area contributed by atoms with Gasteiger partial charge in [-0.05, 0) is 44.5 Å². The molecule has 1 fully saturated rings. The third-order valence-electron chi connectivity index (χ3n) is 7.38. The normalized spacial score (nSPS) is 20.3. The van der Waals surface area contributed by atoms with Crippen molar-refractivity contribution in [1.82, 2.24) is 30.4 Å². The molecule has 1 aromatic carbocycles. The molecule has 0 saturated carbocycles. The molecule has 12 nitrogen and oxygen atoms in total. The Labute approximate surface area is 280 Å². The fraction of sp³-hybridized carbons (Fsp3) is 0.625. The van der Waals surface area contributed by atoms with Crippen LogP contribution in [0.1, 0.15) is 85.9 Å². The van der Waals surface area contributed by atoms with Crippen LogP contribution in [0.15, 0.2) is 33.6 Å². The Morgan fingerprint density at radius 2 is 1.74 bits per heavy atom. The van der Waals surface area contributed by atoms with E-state index in [1.165, 1.54) is 40.2 Å². The fourth-order valence-electron chi connectivity index (χ4n) is 5.25. The monoisotopic (exact) mass is 675 g/mol. The maximum atomic E-state index is 13.5. The molecule has 0 aliphatic carbocycles. The van der Waals surface area contributed by atoms with E-state index in [-0.39, 0.29) is 22.3 Å². The lowest BCUT2D eigenvalue weighted by atomic mass is 9.78. The first-order chi connectivity index (χ1) is 21.2. The van der Waals surface area contributed by atoms with Crippen molar-refractivity contribution in [2.24, 2.45) is 12.0 Å². The Balaban J connectivity index is 0.000000738. The molecule has 0 radical (unpaired) electrons. The highest BCUT2D eigenvalue weighted by atomic mass is 32.2. The molecule has 1 aromatic heterocycles. The Bertz CT molecular complexity index is 1450. The lowest BCUT2D eigenvalue weighted by Gasteiger charge is -2.53. The van der Waals surface area contributed by atoms with Gasteiger partial charge in [-0.15, -0.1) is 16.9 Å². The van der Waals surface area contributed by atoms with Gasteiger partial charge in [0.25, 0.3) is 11.6 Å². The number of ether oxygens (including phenoxy) is 1. The number of nitrogens with one attached hydrogen (secondary N) is 1. The number of benzene rings is 1. The van der Waals surface area contributed by atoms with Gasteiger partial charge in [-0.2, -0.15) is 0 Å². The predicted molar refractivity (Wildman–Crippen MR) is 184 cm³/mol. The maximum Gasteiger partial charge on any atom is 0.352 e. The van der Waals surface area contributed by atoms with E-state index >= 15 is 0 Å². The van der Waals surface area contributed by atoms with Crippen molar-refractivity contribution >= 4 is 41.6 Å². The minimum Gasteiger partial charge on any atom is -0.507 e. The molecule has 14 heteroatoms. The molecular formula is C32H49N7O5S2. The molecule has 2 aliphatic heterocycles. The zero-order valence-electron chi connectivity index (χ0n) is 29.0. The topological polar surface area (TPSA) is 155 Å². The number of thioether (sulfide) groups is 2. The van der Waals surface area contributed by atoms with E-state index < -0.39 is 23.0 Å². The van der Waals surface area contributed by atoms with Gasteiger partial charge in [-0.25, -0.2) is 14.5 Å². The standard InChI is InChI=1S/C26H34N6O5S2.C6H15N/c1-24(2,3)16-9-14(10-17(19(16)33)25(4,5)6)11-27-26(37-8)21(36)32-18(20(34)35)15(12-38-22(26)32)13-39-23-28-29-30-31(23)7;1-5(2)7-6(3)4/h9-11,22,33H,12-13H2,1-8H3,(H,34,35);5-7H,1-4H3/t22-,26+;/m1./s1. The van der Waals surface area contributed by atoms with E-state index in [0.29, 0.717) is 34.3 Å². The minimum atomic E-state index is -1.56. The smallest absolute Gasteiger partial charge is 0.352 e. The Kier molecular flexibility index (Phi) is 11.8. The summed E-state index contributed by atoms with van der Waals surface area (Å²) in [5.41, 5.74) is 0.595. The SMILES string of the molecule is CC(C)NC(C)C.CO[C@@]1(N=Cc2cc(C(C)(C)C)c(O)c(C(C)(C)C)c2)C(=O)N2C(C(=O)O)=C(CSc3nnnn3C)CS[C@@H]21. The van der Waals surface area contributed by atoms with Crippen molar-refractivity contribution < 1.29 is 24.5 Å². The molecular weight excluding hydrogens is 627 g/mol. The summed E-state index contributed by atoms with van der Waals surface area (Å²) in [6.07, 6.45) is 1.58. The second kappa shape index (κ2) is 14.4. The third-order valence-corrected chi connectivity index (χ3v) is 9.83. The van der Waals surface area contributed by atoms with Crippen molar-refractivity contribution in [3.8, 4) is 5.75 Å². The number of methoxy groups -OCH3 is 1. The number of amides is 1. The number of phenols is 1. The van der Waals surface area contributed by atoms with E-state index in [1.807, 2.05) is 53.7 Å². The van der Waals surface area contributed by atoms with Crippen molar-refractivity contribution in [2.45, 2.75) is 108 Å². The molecule has 3 N–H and O–H groups in total. The van der Waals surface area contributed by atoms with Crippen LogP contribution in [0, 0.1) is 0 Å². The van der Waals surface area contributed by atoms with Gasteiger partial charge in [-0.3, -0.25) is 9.69 Å². The van der Waals surface area contributed by atoms with Gasteiger partial charge in [0.05, 0.1) is 0 Å². The lowest BCUT2D eigenvalue weighted by Crippen LogP contribution is -2.73. The number of aromatic hydroxyl groups is 1. The average Bonchev–Trinajstić information content (AvgIpc) is 3.35. The molecule has 4 rings (SSSR count).